The lowest BCUT2D eigenvalue weighted by Gasteiger charge is -2.22. The minimum atomic E-state index is 0.539. The topological polar surface area (TPSA) is 52.8 Å². The fourth-order valence-corrected chi connectivity index (χ4v) is 3.79. The highest BCUT2D eigenvalue weighted by atomic mass is 32.2. The van der Waals surface area contributed by atoms with Crippen molar-refractivity contribution in [3.63, 3.8) is 0 Å². The van der Waals surface area contributed by atoms with Gasteiger partial charge in [-0.2, -0.15) is 5.26 Å². The van der Waals surface area contributed by atoms with E-state index in [0.29, 0.717) is 22.2 Å². The number of aromatic nitrogens is 2. The third kappa shape index (κ3) is 4.52. The second-order valence-corrected chi connectivity index (χ2v) is 7.42. The summed E-state index contributed by atoms with van der Waals surface area (Å²) in [7, 11) is 0. The van der Waals surface area contributed by atoms with Gasteiger partial charge in [0.2, 0.25) is 0 Å². The average molecular weight is 389 g/mol. The predicted molar refractivity (Wildman–Crippen MR) is 116 cm³/mol. The van der Waals surface area contributed by atoms with Crippen molar-refractivity contribution in [3.05, 3.63) is 71.3 Å². The number of rotatable bonds is 7. The first-order valence-corrected chi connectivity index (χ1v) is 10.5. The van der Waals surface area contributed by atoms with E-state index < -0.39 is 0 Å². The Morgan fingerprint density at radius 3 is 2.25 bits per heavy atom. The van der Waals surface area contributed by atoms with E-state index in [4.69, 9.17) is 9.97 Å². The molecule has 0 radical (unpaired) electrons. The molecule has 0 amide bonds. The first kappa shape index (κ1) is 19.9. The quantitative estimate of drug-likeness (QED) is 0.397. The van der Waals surface area contributed by atoms with Gasteiger partial charge in [-0.1, -0.05) is 71.9 Å². The molecular weight excluding hydrogens is 364 g/mol. The van der Waals surface area contributed by atoms with E-state index in [9.17, 15) is 5.26 Å². The maximum Gasteiger partial charge on any atom is 0.190 e. The summed E-state index contributed by atoms with van der Waals surface area (Å²) in [6.07, 6.45) is 0. The standard InChI is InChI=1S/C23H24N4S/c1-4-27(5-2)22-20(15-24)21(19-13-11-17(3)12-14-19)25-23(26-22)28-16-18-9-7-6-8-10-18/h6-14H,4-5,16H2,1-3H3. The van der Waals surface area contributed by atoms with Crippen molar-refractivity contribution in [2.75, 3.05) is 18.0 Å². The van der Waals surface area contributed by atoms with Crippen LogP contribution in [0.15, 0.2) is 59.8 Å². The molecule has 0 aliphatic carbocycles. The fraction of sp³-hybridized carbons (Fsp3) is 0.261. The molecule has 0 saturated carbocycles. The van der Waals surface area contributed by atoms with Gasteiger partial charge in [-0.15, -0.1) is 0 Å². The summed E-state index contributed by atoms with van der Waals surface area (Å²) in [4.78, 5) is 11.6. The molecule has 5 heteroatoms. The lowest BCUT2D eigenvalue weighted by Crippen LogP contribution is -2.25. The van der Waals surface area contributed by atoms with Crippen LogP contribution in [0, 0.1) is 18.3 Å². The molecule has 0 fully saturated rings. The normalized spacial score (nSPS) is 10.5. The number of anilines is 1. The van der Waals surface area contributed by atoms with Crippen LogP contribution >= 0.6 is 11.8 Å². The Labute approximate surface area is 171 Å². The number of hydrogen-bond donors (Lipinski definition) is 0. The minimum absolute atomic E-state index is 0.539. The third-order valence-electron chi connectivity index (χ3n) is 4.58. The maximum atomic E-state index is 9.89. The SMILES string of the molecule is CCN(CC)c1nc(SCc2ccccc2)nc(-c2ccc(C)cc2)c1C#N. The van der Waals surface area contributed by atoms with Crippen molar-refractivity contribution in [2.45, 2.75) is 31.7 Å². The monoisotopic (exact) mass is 388 g/mol. The number of thioether (sulfide) groups is 1. The minimum Gasteiger partial charge on any atom is -0.356 e. The van der Waals surface area contributed by atoms with Gasteiger partial charge in [-0.25, -0.2) is 9.97 Å². The zero-order valence-corrected chi connectivity index (χ0v) is 17.3. The highest BCUT2D eigenvalue weighted by Gasteiger charge is 2.19. The number of nitriles is 1. The molecule has 0 N–H and O–H groups in total. The molecule has 0 unspecified atom stereocenters. The molecule has 0 bridgehead atoms. The number of benzene rings is 2. The van der Waals surface area contributed by atoms with Crippen molar-refractivity contribution < 1.29 is 0 Å². The Morgan fingerprint density at radius 2 is 1.64 bits per heavy atom. The molecule has 0 atom stereocenters. The number of aryl methyl sites for hydroxylation is 1. The summed E-state index contributed by atoms with van der Waals surface area (Å²) in [6, 6.07) is 20.8. The smallest absolute Gasteiger partial charge is 0.190 e. The van der Waals surface area contributed by atoms with Gasteiger partial charge in [0.25, 0.3) is 0 Å². The molecule has 3 aromatic rings. The zero-order chi connectivity index (χ0) is 19.9. The van der Waals surface area contributed by atoms with E-state index in [0.717, 1.165) is 24.4 Å². The van der Waals surface area contributed by atoms with Crippen molar-refractivity contribution in [1.29, 1.82) is 5.26 Å². The van der Waals surface area contributed by atoms with Crippen molar-refractivity contribution in [3.8, 4) is 17.3 Å². The molecule has 1 heterocycles. The van der Waals surface area contributed by atoms with Gasteiger partial charge < -0.3 is 4.90 Å². The third-order valence-corrected chi connectivity index (χ3v) is 5.50. The van der Waals surface area contributed by atoms with Gasteiger partial charge >= 0.3 is 0 Å². The molecule has 142 valence electrons. The molecule has 1 aromatic heterocycles. The van der Waals surface area contributed by atoms with Gasteiger partial charge in [0.1, 0.15) is 11.6 Å². The van der Waals surface area contributed by atoms with Crippen LogP contribution in [-0.2, 0) is 5.75 Å². The molecule has 0 saturated heterocycles. The lowest BCUT2D eigenvalue weighted by molar-refractivity contribution is 0.817. The van der Waals surface area contributed by atoms with Gasteiger partial charge in [-0.05, 0) is 26.3 Å². The summed E-state index contributed by atoms with van der Waals surface area (Å²) in [5, 5.41) is 10.6. The molecule has 0 aliphatic heterocycles. The van der Waals surface area contributed by atoms with Crippen LogP contribution < -0.4 is 4.90 Å². The van der Waals surface area contributed by atoms with E-state index in [2.05, 4.69) is 43.9 Å². The van der Waals surface area contributed by atoms with E-state index in [1.165, 1.54) is 11.1 Å². The van der Waals surface area contributed by atoms with E-state index in [1.54, 1.807) is 11.8 Å². The maximum absolute atomic E-state index is 9.89. The Balaban J connectivity index is 2.06. The Kier molecular flexibility index (Phi) is 6.67. The second kappa shape index (κ2) is 9.38. The van der Waals surface area contributed by atoms with Crippen LogP contribution in [0.1, 0.15) is 30.5 Å². The first-order valence-electron chi connectivity index (χ1n) is 9.47. The number of hydrogen-bond acceptors (Lipinski definition) is 5. The van der Waals surface area contributed by atoms with Crippen LogP contribution in [0.4, 0.5) is 5.82 Å². The lowest BCUT2D eigenvalue weighted by atomic mass is 10.1. The van der Waals surface area contributed by atoms with E-state index in [-0.39, 0.29) is 0 Å². The summed E-state index contributed by atoms with van der Waals surface area (Å²) in [6.45, 7) is 7.79. The van der Waals surface area contributed by atoms with Crippen molar-refractivity contribution >= 4 is 17.6 Å². The molecule has 4 nitrogen and oxygen atoms in total. The van der Waals surface area contributed by atoms with Gasteiger partial charge in [0, 0.05) is 24.4 Å². The molecule has 0 spiro atoms. The summed E-state index contributed by atoms with van der Waals surface area (Å²) >= 11 is 1.60. The second-order valence-electron chi connectivity index (χ2n) is 6.48. The molecular formula is C23H24N4S. The predicted octanol–water partition coefficient (Wildman–Crippen LogP) is 5.46. The largest absolute Gasteiger partial charge is 0.356 e. The van der Waals surface area contributed by atoms with Crippen molar-refractivity contribution in [2.24, 2.45) is 0 Å². The van der Waals surface area contributed by atoms with Crippen molar-refractivity contribution in [1.82, 2.24) is 9.97 Å². The average Bonchev–Trinajstić information content (AvgIpc) is 2.74. The number of nitrogens with zero attached hydrogens (tertiary/aromatic N) is 4. The van der Waals surface area contributed by atoms with Crippen LogP contribution in [-0.4, -0.2) is 23.1 Å². The molecule has 2 aromatic carbocycles. The summed E-state index contributed by atoms with van der Waals surface area (Å²) in [5.41, 5.74) is 4.59. The highest BCUT2D eigenvalue weighted by molar-refractivity contribution is 7.98. The summed E-state index contributed by atoms with van der Waals surface area (Å²) < 4.78 is 0. The van der Waals surface area contributed by atoms with Crippen LogP contribution in [0.5, 0.6) is 0 Å². The van der Waals surface area contributed by atoms with Crippen LogP contribution in [0.3, 0.4) is 0 Å². The molecule has 0 aliphatic rings. The van der Waals surface area contributed by atoms with Crippen LogP contribution in [0.25, 0.3) is 11.3 Å². The molecule has 28 heavy (non-hydrogen) atoms. The van der Waals surface area contributed by atoms with E-state index in [1.807, 2.05) is 42.5 Å². The Morgan fingerprint density at radius 1 is 0.964 bits per heavy atom. The Bertz CT molecular complexity index is 958. The summed E-state index contributed by atoms with van der Waals surface area (Å²) in [5.74, 6) is 1.51. The van der Waals surface area contributed by atoms with Crippen LogP contribution in [0.2, 0.25) is 0 Å². The molecule has 3 rings (SSSR count). The Hall–Kier alpha value is -2.84. The van der Waals surface area contributed by atoms with Gasteiger partial charge in [0.15, 0.2) is 11.0 Å². The van der Waals surface area contributed by atoms with E-state index >= 15 is 0 Å². The van der Waals surface area contributed by atoms with Gasteiger partial charge in [0.05, 0.1) is 5.69 Å². The fourth-order valence-electron chi connectivity index (χ4n) is 2.99. The highest BCUT2D eigenvalue weighted by Crippen LogP contribution is 2.32. The first-order chi connectivity index (χ1) is 13.7. The zero-order valence-electron chi connectivity index (χ0n) is 16.5. The van der Waals surface area contributed by atoms with Gasteiger partial charge in [-0.3, -0.25) is 0 Å².